The second kappa shape index (κ2) is 3.14. The van der Waals surface area contributed by atoms with Gasteiger partial charge in [0.15, 0.2) is 0 Å². The Kier molecular flexibility index (Phi) is 2.53. The molecule has 0 saturated heterocycles. The van der Waals surface area contributed by atoms with Crippen LogP contribution in [-0.2, 0) is 0 Å². The third-order valence-corrected chi connectivity index (χ3v) is 1.71. The molecule has 0 atom stereocenters. The van der Waals surface area contributed by atoms with E-state index in [1.54, 1.807) is 0 Å². The lowest BCUT2D eigenvalue weighted by Crippen LogP contribution is -2.35. The van der Waals surface area contributed by atoms with Gasteiger partial charge in [-0.25, -0.2) is 4.98 Å². The Morgan fingerprint density at radius 1 is 1.17 bits per heavy atom. The summed E-state index contributed by atoms with van der Waals surface area (Å²) >= 11 is 10.5. The molecule has 0 unspecified atom stereocenters. The van der Waals surface area contributed by atoms with E-state index in [1.807, 2.05) is 0 Å². The van der Waals surface area contributed by atoms with Crippen molar-refractivity contribution in [2.24, 2.45) is 0 Å². The van der Waals surface area contributed by atoms with E-state index in [-0.39, 0.29) is 5.15 Å². The molecular weight excluding hydrogens is 213 g/mol. The Labute approximate surface area is 76.6 Å². The summed E-state index contributed by atoms with van der Waals surface area (Å²) in [6.07, 6.45) is 0. The number of rotatable bonds is 1. The number of nitrogens with zero attached hydrogens (tertiary/aromatic N) is 1. The van der Waals surface area contributed by atoms with Crippen molar-refractivity contribution < 1.29 is 12.9 Å². The van der Waals surface area contributed by atoms with Crippen LogP contribution in [0.5, 0.6) is 0 Å². The van der Waals surface area contributed by atoms with E-state index in [2.05, 4.69) is 4.98 Å². The molecule has 0 fully saturated rings. The standard InChI is InChI=1S/C5H2BCl2F3N/c7-4-2-1-3(5(8)12-4)6(9,10)11/h1-2H/q-1. The molecule has 0 aliphatic heterocycles. The van der Waals surface area contributed by atoms with Gasteiger partial charge in [-0.2, -0.15) is 0 Å². The molecule has 7 heteroatoms. The van der Waals surface area contributed by atoms with Crippen molar-refractivity contribution in [3.63, 3.8) is 0 Å². The van der Waals surface area contributed by atoms with E-state index < -0.39 is 17.6 Å². The summed E-state index contributed by atoms with van der Waals surface area (Å²) in [6, 6.07) is 1.87. The van der Waals surface area contributed by atoms with Crippen molar-refractivity contribution in [2.45, 2.75) is 0 Å². The highest BCUT2D eigenvalue weighted by molar-refractivity contribution is 6.75. The summed E-state index contributed by atoms with van der Waals surface area (Å²) in [4.78, 5) is 3.27. The molecule has 0 aromatic carbocycles. The minimum absolute atomic E-state index is 0.0520. The minimum Gasteiger partial charge on any atom is -0.445 e. The van der Waals surface area contributed by atoms with Crippen molar-refractivity contribution in [3.8, 4) is 0 Å². The first-order chi connectivity index (χ1) is 5.41. The largest absolute Gasteiger partial charge is 0.512 e. The number of halogens is 5. The van der Waals surface area contributed by atoms with Gasteiger partial charge in [0.05, 0.1) is 0 Å². The Morgan fingerprint density at radius 3 is 2.17 bits per heavy atom. The smallest absolute Gasteiger partial charge is 0.445 e. The summed E-state index contributed by atoms with van der Waals surface area (Å²) in [5.74, 6) is 0. The summed E-state index contributed by atoms with van der Waals surface area (Å²) in [5, 5.41) is -0.654. The maximum absolute atomic E-state index is 12.1. The van der Waals surface area contributed by atoms with Crippen LogP contribution < -0.4 is 5.46 Å². The van der Waals surface area contributed by atoms with Crippen LogP contribution in [0.3, 0.4) is 0 Å². The maximum Gasteiger partial charge on any atom is 0.512 e. The van der Waals surface area contributed by atoms with Crippen molar-refractivity contribution in [1.29, 1.82) is 0 Å². The Morgan fingerprint density at radius 2 is 1.75 bits per heavy atom. The average molecular weight is 215 g/mol. The molecule has 0 saturated carbocycles. The summed E-state index contributed by atoms with van der Waals surface area (Å²) in [5.41, 5.74) is -0.916. The lowest BCUT2D eigenvalue weighted by Gasteiger charge is -2.15. The monoisotopic (exact) mass is 214 g/mol. The molecule has 0 bridgehead atoms. The molecule has 1 aromatic heterocycles. The zero-order valence-electron chi connectivity index (χ0n) is 5.57. The fraction of sp³-hybridized carbons (Fsp3) is 0. The van der Waals surface area contributed by atoms with E-state index in [0.717, 1.165) is 12.1 Å². The third kappa shape index (κ3) is 2.05. The van der Waals surface area contributed by atoms with Gasteiger partial charge in [-0.05, 0) is 6.07 Å². The van der Waals surface area contributed by atoms with Crippen molar-refractivity contribution in [3.05, 3.63) is 22.4 Å². The zero-order chi connectivity index (χ0) is 9.35. The van der Waals surface area contributed by atoms with Crippen LogP contribution in [0, 0.1) is 0 Å². The lowest BCUT2D eigenvalue weighted by molar-refractivity contribution is 0.501. The van der Waals surface area contributed by atoms with Gasteiger partial charge in [0.1, 0.15) is 10.3 Å². The Balaban J connectivity index is 3.19. The first-order valence-electron chi connectivity index (χ1n) is 2.93. The van der Waals surface area contributed by atoms with Crippen LogP contribution >= 0.6 is 23.2 Å². The van der Waals surface area contributed by atoms with E-state index in [0.29, 0.717) is 0 Å². The predicted molar refractivity (Wildman–Crippen MR) is 43.0 cm³/mol. The van der Waals surface area contributed by atoms with Gasteiger partial charge in [0.2, 0.25) is 0 Å². The number of pyridine rings is 1. The third-order valence-electron chi connectivity index (χ3n) is 1.20. The molecule has 0 aliphatic rings. The second-order valence-corrected chi connectivity index (χ2v) is 2.83. The van der Waals surface area contributed by atoms with Crippen LogP contribution in [0.2, 0.25) is 10.3 Å². The highest BCUT2D eigenvalue weighted by Gasteiger charge is 2.28. The van der Waals surface area contributed by atoms with Gasteiger partial charge in [-0.3, -0.25) is 0 Å². The van der Waals surface area contributed by atoms with Crippen LogP contribution in [-0.4, -0.2) is 12.0 Å². The van der Waals surface area contributed by atoms with E-state index in [1.165, 1.54) is 0 Å². The Bertz CT molecular complexity index is 301. The molecule has 0 aliphatic carbocycles. The second-order valence-electron chi connectivity index (χ2n) is 2.09. The van der Waals surface area contributed by atoms with Gasteiger partial charge in [0, 0.05) is 0 Å². The predicted octanol–water partition coefficient (Wildman–Crippen LogP) is 2.44. The highest BCUT2D eigenvalue weighted by Crippen LogP contribution is 2.16. The lowest BCUT2D eigenvalue weighted by atomic mass is 9.81. The first-order valence-corrected chi connectivity index (χ1v) is 3.69. The summed E-state index contributed by atoms with van der Waals surface area (Å²) < 4.78 is 36.2. The SMILES string of the molecule is F[B-](F)(F)c1ccc(Cl)nc1Cl. The maximum atomic E-state index is 12.1. The van der Waals surface area contributed by atoms with Crippen molar-refractivity contribution in [2.75, 3.05) is 0 Å². The molecule has 1 heterocycles. The highest BCUT2D eigenvalue weighted by atomic mass is 35.5. The number of hydrogen-bond donors (Lipinski definition) is 0. The van der Waals surface area contributed by atoms with Gasteiger partial charge >= 0.3 is 6.98 Å². The molecule has 1 rings (SSSR count). The number of aromatic nitrogens is 1. The molecule has 0 radical (unpaired) electrons. The average Bonchev–Trinajstić information content (AvgIpc) is 1.83. The molecule has 0 spiro atoms. The van der Waals surface area contributed by atoms with Crippen molar-refractivity contribution >= 4 is 35.6 Å². The van der Waals surface area contributed by atoms with Gasteiger partial charge in [-0.15, -0.1) is 0 Å². The first kappa shape index (κ1) is 9.67. The molecule has 66 valence electrons. The quantitative estimate of drug-likeness (QED) is 0.517. The van der Waals surface area contributed by atoms with Crippen LogP contribution in [0.1, 0.15) is 0 Å². The molecule has 0 N–H and O–H groups in total. The van der Waals surface area contributed by atoms with Crippen LogP contribution in [0.25, 0.3) is 0 Å². The fourth-order valence-corrected chi connectivity index (χ4v) is 1.14. The van der Waals surface area contributed by atoms with Gasteiger partial charge < -0.3 is 12.9 Å². The van der Waals surface area contributed by atoms with E-state index >= 15 is 0 Å². The van der Waals surface area contributed by atoms with Crippen molar-refractivity contribution in [1.82, 2.24) is 4.98 Å². The topological polar surface area (TPSA) is 12.9 Å². The molecule has 1 nitrogen and oxygen atoms in total. The van der Waals surface area contributed by atoms with E-state index in [9.17, 15) is 12.9 Å². The molecule has 0 amide bonds. The van der Waals surface area contributed by atoms with Gasteiger partial charge in [0.25, 0.3) is 0 Å². The molecular formula is C5H2BCl2F3N-. The molecule has 1 aromatic rings. The number of hydrogen-bond acceptors (Lipinski definition) is 1. The van der Waals surface area contributed by atoms with Crippen LogP contribution in [0.15, 0.2) is 12.1 Å². The van der Waals surface area contributed by atoms with E-state index in [4.69, 9.17) is 23.2 Å². The summed E-state index contributed by atoms with van der Waals surface area (Å²) in [7, 11) is 0. The van der Waals surface area contributed by atoms with Crippen LogP contribution in [0.4, 0.5) is 12.9 Å². The normalized spacial score (nSPS) is 11.8. The van der Waals surface area contributed by atoms with Gasteiger partial charge in [-0.1, -0.05) is 34.7 Å². The minimum atomic E-state index is -5.10. The summed E-state index contributed by atoms with van der Waals surface area (Å²) in [6.45, 7) is -5.10. The molecule has 12 heavy (non-hydrogen) atoms. The fourth-order valence-electron chi connectivity index (χ4n) is 0.667. The zero-order valence-corrected chi connectivity index (χ0v) is 7.08. The Hall–Kier alpha value is -0.415.